The fourth-order valence-corrected chi connectivity index (χ4v) is 16.0. The standard InChI is InChI=1S/C25H31NO2.C25H30O.C24H26O.C21H21NO2S/c1-17(27)19-8-6-7-18(15-19)9-12-23(26-28)20-10-11-21-22(16-20)25(4,5)14-13-24(21,2)3;1-17(15-19-7-9-20(10-8-19)18(2)26)21-11-12-22-23(16-21)25(5,6)14-13-24(22,3)4;1-17(25)20-11-8-18(9-12-20)6-7-19-10-13-21-22(16-19)24(4,5)15-14-23(21,2)3;1-4-24-20(23)16-7-9-17(22-14-16)8-5-15-6-10-19-18(13-15)21(2,3)11-12-25-19/h6-8,10-11,15-16,28H,9,12-14H2,1-5H3;7-12,15-16H,13-14H2,1-6H3;8-13,16H,14-15H2,1-5H3;6-7,9-10,13-14H,4,11-12H2,1-3H3/b26-23+;17-15+;;. The SMILES string of the molecule is CC(=O)c1ccc(/C=C(\C)c2ccc3c(c2)C(C)(C)CCC3(C)C)cc1.CC(=O)c1ccc(C#Cc2ccc3c(c2)C(C)(C)CCC3(C)C)cc1.CC(=O)c1cccc(CC/C(=N\O)c2ccc3c(c2)C(C)(C)CCC3(C)C)c1.CCOC(=O)c1ccc(C#Cc2ccc3c(c2)C(C)(C)CCS3)nc1. The number of thioether (sulfide) groups is 1. The fourth-order valence-electron chi connectivity index (χ4n) is 14.6. The van der Waals surface area contributed by atoms with Gasteiger partial charge in [-0.05, 0) is 275 Å². The van der Waals surface area contributed by atoms with Gasteiger partial charge in [-0.3, -0.25) is 14.4 Å². The number of Topliss-reactive ketones (excluding diaryl/α,β-unsaturated/α-hetero) is 3. The van der Waals surface area contributed by atoms with Crippen molar-refractivity contribution in [2.24, 2.45) is 5.16 Å². The van der Waals surface area contributed by atoms with Gasteiger partial charge in [0.2, 0.25) is 0 Å². The van der Waals surface area contributed by atoms with Gasteiger partial charge in [-0.25, -0.2) is 9.78 Å². The number of aromatic nitrogens is 1. The van der Waals surface area contributed by atoms with E-state index in [9.17, 15) is 24.4 Å². The highest BCUT2D eigenvalue weighted by Gasteiger charge is 2.40. The summed E-state index contributed by atoms with van der Waals surface area (Å²) < 4.78 is 4.95. The molecule has 0 atom stereocenters. The third-order valence-electron chi connectivity index (χ3n) is 22.1. The highest BCUT2D eigenvalue weighted by atomic mass is 32.2. The summed E-state index contributed by atoms with van der Waals surface area (Å²) in [7, 11) is 0. The Hall–Kier alpha value is -9.15. The molecule has 3 aliphatic carbocycles. The maximum absolute atomic E-state index is 11.6. The summed E-state index contributed by atoms with van der Waals surface area (Å²) in [5.74, 6) is 13.8. The normalized spacial score (nSPS) is 17.1. The average Bonchev–Trinajstić information content (AvgIpc) is 0.719. The van der Waals surface area contributed by atoms with E-state index in [0.29, 0.717) is 30.0 Å². The lowest BCUT2D eigenvalue weighted by atomic mass is 9.63. The molecule has 2 heterocycles. The van der Waals surface area contributed by atoms with Crippen molar-refractivity contribution >= 4 is 52.4 Å². The van der Waals surface area contributed by atoms with E-state index in [4.69, 9.17) is 4.74 Å². The van der Waals surface area contributed by atoms with Crippen LogP contribution in [0, 0.1) is 23.7 Å². The summed E-state index contributed by atoms with van der Waals surface area (Å²) in [6, 6.07) is 53.1. The Morgan fingerprint density at radius 2 is 0.885 bits per heavy atom. The van der Waals surface area contributed by atoms with Crippen LogP contribution in [0.5, 0.6) is 0 Å². The lowest BCUT2D eigenvalue weighted by Gasteiger charge is -2.42. The molecule has 4 aliphatic rings. The van der Waals surface area contributed by atoms with Crippen LogP contribution < -0.4 is 0 Å². The van der Waals surface area contributed by atoms with Gasteiger partial charge in [0.05, 0.1) is 17.9 Å². The van der Waals surface area contributed by atoms with Gasteiger partial charge in [0.25, 0.3) is 0 Å². The van der Waals surface area contributed by atoms with Gasteiger partial charge in [0, 0.05) is 44.5 Å². The molecule has 0 unspecified atom stereocenters. The Morgan fingerprint density at radius 3 is 1.40 bits per heavy atom. The van der Waals surface area contributed by atoms with Gasteiger partial charge < -0.3 is 9.94 Å². The largest absolute Gasteiger partial charge is 0.462 e. The number of pyridine rings is 1. The van der Waals surface area contributed by atoms with Crippen molar-refractivity contribution < 1.29 is 29.1 Å². The summed E-state index contributed by atoms with van der Waals surface area (Å²) >= 11 is 1.92. The number of aryl methyl sites for hydroxylation is 1. The fraction of sp³-hybridized carbons (Fsp3) is 0.389. The summed E-state index contributed by atoms with van der Waals surface area (Å²) in [5, 5.41) is 13.3. The molecule has 1 aromatic heterocycles. The van der Waals surface area contributed by atoms with Crippen molar-refractivity contribution in [3.05, 3.63) is 270 Å². The molecule has 1 aliphatic heterocycles. The number of hydrogen-bond donors (Lipinski definition) is 1. The lowest BCUT2D eigenvalue weighted by Crippen LogP contribution is -2.34. The van der Waals surface area contributed by atoms with E-state index < -0.39 is 0 Å². The van der Waals surface area contributed by atoms with Crippen LogP contribution in [0.25, 0.3) is 11.6 Å². The van der Waals surface area contributed by atoms with Crippen LogP contribution in [0.1, 0.15) is 308 Å². The van der Waals surface area contributed by atoms with E-state index in [0.717, 1.165) is 62.9 Å². The van der Waals surface area contributed by atoms with E-state index in [1.54, 1.807) is 39.8 Å². The van der Waals surface area contributed by atoms with Crippen molar-refractivity contribution in [3.8, 4) is 23.7 Å². The Kier molecular flexibility index (Phi) is 24.7. The van der Waals surface area contributed by atoms with E-state index in [1.165, 1.54) is 105 Å². The molecule has 0 bridgehead atoms. The smallest absolute Gasteiger partial charge is 0.339 e. The second-order valence-corrected chi connectivity index (χ2v) is 34.5. The summed E-state index contributed by atoms with van der Waals surface area (Å²) in [6.07, 6.45) is 13.5. The van der Waals surface area contributed by atoms with Crippen LogP contribution in [0.3, 0.4) is 0 Å². The minimum absolute atomic E-state index is 0.0671. The molecule has 1 N–H and O–H groups in total. The Bertz CT molecular complexity index is 4700. The van der Waals surface area contributed by atoms with E-state index in [-0.39, 0.29) is 61.2 Å². The molecular formula is C95H108N2O6S. The first-order valence-electron chi connectivity index (χ1n) is 37.0. The predicted octanol–water partition coefficient (Wildman–Crippen LogP) is 22.9. The highest BCUT2D eigenvalue weighted by molar-refractivity contribution is 7.99. The molecule has 0 fully saturated rings. The number of hydrogen-bond acceptors (Lipinski definition) is 9. The maximum atomic E-state index is 11.6. The molecule has 7 aromatic carbocycles. The van der Waals surface area contributed by atoms with Gasteiger partial charge in [-0.15, -0.1) is 11.8 Å². The lowest BCUT2D eigenvalue weighted by molar-refractivity contribution is 0.0525. The number of fused-ring (bicyclic) bond motifs is 4. The van der Waals surface area contributed by atoms with Gasteiger partial charge in [0.15, 0.2) is 17.3 Å². The van der Waals surface area contributed by atoms with E-state index >= 15 is 0 Å². The van der Waals surface area contributed by atoms with Crippen LogP contribution in [-0.2, 0) is 49.1 Å². The number of oxime groups is 1. The number of carbonyl (C=O) groups is 4. The number of allylic oxidation sites excluding steroid dienone is 1. The molecule has 0 radical (unpaired) electrons. The van der Waals surface area contributed by atoms with Crippen LogP contribution in [0.2, 0.25) is 0 Å². The number of ether oxygens (including phenoxy) is 1. The topological polar surface area (TPSA) is 123 Å². The van der Waals surface area contributed by atoms with Gasteiger partial charge in [-0.2, -0.15) is 0 Å². The molecule has 104 heavy (non-hydrogen) atoms. The van der Waals surface area contributed by atoms with Crippen molar-refractivity contribution in [1.82, 2.24) is 4.98 Å². The van der Waals surface area contributed by atoms with Crippen LogP contribution in [0.4, 0.5) is 0 Å². The Balaban J connectivity index is 0.000000161. The molecule has 540 valence electrons. The second kappa shape index (κ2) is 32.5. The third-order valence-corrected chi connectivity index (χ3v) is 23.2. The summed E-state index contributed by atoms with van der Waals surface area (Å²) in [6.45, 7) is 41.7. The Labute approximate surface area is 625 Å². The highest BCUT2D eigenvalue weighted by Crippen LogP contribution is 2.49. The number of nitrogens with zero attached hydrogens (tertiary/aromatic N) is 2. The molecule has 0 saturated carbocycles. The summed E-state index contributed by atoms with van der Waals surface area (Å²) in [4.78, 5) is 51.6. The van der Waals surface area contributed by atoms with E-state index in [1.807, 2.05) is 84.6 Å². The molecule has 0 saturated heterocycles. The second-order valence-electron chi connectivity index (χ2n) is 33.4. The molecule has 12 rings (SSSR count). The van der Waals surface area contributed by atoms with Crippen LogP contribution >= 0.6 is 11.8 Å². The Morgan fingerprint density at radius 1 is 0.452 bits per heavy atom. The zero-order valence-electron chi connectivity index (χ0n) is 65.2. The molecule has 0 amide bonds. The first-order valence-corrected chi connectivity index (χ1v) is 38.0. The number of rotatable bonds is 11. The monoisotopic (exact) mass is 1400 g/mol. The molecule has 8 aromatic rings. The zero-order valence-corrected chi connectivity index (χ0v) is 66.1. The van der Waals surface area contributed by atoms with Crippen LogP contribution in [-0.4, -0.2) is 51.6 Å². The third kappa shape index (κ3) is 19.4. The van der Waals surface area contributed by atoms with Gasteiger partial charge in [0.1, 0.15) is 5.69 Å². The average molecular weight is 1410 g/mol. The first kappa shape index (κ1) is 79.0. The number of ketones is 3. The maximum Gasteiger partial charge on any atom is 0.339 e. The zero-order chi connectivity index (χ0) is 75.7. The quantitative estimate of drug-likeness (QED) is 0.0258. The minimum atomic E-state index is -0.357. The van der Waals surface area contributed by atoms with Crippen molar-refractivity contribution in [1.29, 1.82) is 0 Å². The summed E-state index contributed by atoms with van der Waals surface area (Å²) in [5.41, 5.74) is 24.1. The molecular weight excluding hydrogens is 1300 g/mol. The predicted molar refractivity (Wildman–Crippen MR) is 432 cm³/mol. The molecule has 9 heteroatoms. The van der Waals surface area contributed by atoms with E-state index in [2.05, 4.69) is 217 Å². The van der Waals surface area contributed by atoms with Crippen molar-refractivity contribution in [2.45, 2.75) is 232 Å². The molecule has 0 spiro atoms. The minimum Gasteiger partial charge on any atom is -0.462 e. The number of benzene rings is 7. The van der Waals surface area contributed by atoms with Gasteiger partial charge in [-0.1, -0.05) is 217 Å². The van der Waals surface area contributed by atoms with Crippen molar-refractivity contribution in [3.63, 3.8) is 0 Å². The molecule has 8 nitrogen and oxygen atoms in total. The number of esters is 1. The first-order chi connectivity index (χ1) is 48.9. The van der Waals surface area contributed by atoms with Crippen molar-refractivity contribution in [2.75, 3.05) is 12.4 Å². The van der Waals surface area contributed by atoms with Gasteiger partial charge >= 0.3 is 5.97 Å². The number of carbonyl (C=O) groups excluding carboxylic acids is 4. The van der Waals surface area contributed by atoms with Crippen LogP contribution in [0.15, 0.2) is 174 Å².